The zero-order valence-corrected chi connectivity index (χ0v) is 14.8. The molecule has 0 spiro atoms. The minimum atomic E-state index is -0.449. The standard InChI is InChI=1S/C19H19FN6O/c20-15-3-1-14(2-4-15)19(7-8-19)18(27)25-11-9-24(10-12-25)17-6-5-16-22-21-13-26(16)23-17/h1-6,13H,7-12H2. The van der Waals surface area contributed by atoms with Gasteiger partial charge >= 0.3 is 0 Å². The summed E-state index contributed by atoms with van der Waals surface area (Å²) in [5.41, 5.74) is 1.19. The predicted molar refractivity (Wildman–Crippen MR) is 96.9 cm³/mol. The van der Waals surface area contributed by atoms with E-state index in [1.807, 2.05) is 17.0 Å². The fourth-order valence-electron chi connectivity index (χ4n) is 3.85. The Morgan fingerprint density at radius 1 is 1.00 bits per heavy atom. The first-order valence-corrected chi connectivity index (χ1v) is 9.13. The number of carbonyl (C=O) groups excluding carboxylic acids is 1. The van der Waals surface area contributed by atoms with E-state index in [2.05, 4.69) is 20.2 Å². The van der Waals surface area contributed by atoms with Crippen LogP contribution in [0.3, 0.4) is 0 Å². The first kappa shape index (κ1) is 16.2. The van der Waals surface area contributed by atoms with Crippen LogP contribution < -0.4 is 4.90 Å². The van der Waals surface area contributed by atoms with Crippen molar-refractivity contribution in [3.8, 4) is 0 Å². The maximum atomic E-state index is 13.2. The number of benzene rings is 1. The number of nitrogens with zero attached hydrogens (tertiary/aromatic N) is 6. The largest absolute Gasteiger partial charge is 0.352 e. The van der Waals surface area contributed by atoms with Crippen LogP contribution in [0.1, 0.15) is 18.4 Å². The van der Waals surface area contributed by atoms with E-state index >= 15 is 0 Å². The number of hydrogen-bond acceptors (Lipinski definition) is 5. The summed E-state index contributed by atoms with van der Waals surface area (Å²) in [6, 6.07) is 10.2. The van der Waals surface area contributed by atoms with Gasteiger partial charge in [0.2, 0.25) is 5.91 Å². The second kappa shape index (κ2) is 6.00. The molecular formula is C19H19FN6O. The SMILES string of the molecule is O=C(N1CCN(c2ccc3nncn3n2)CC1)C1(c2ccc(F)cc2)CC1. The van der Waals surface area contributed by atoms with Crippen LogP contribution in [-0.2, 0) is 10.2 Å². The minimum Gasteiger partial charge on any atom is -0.352 e. The highest BCUT2D eigenvalue weighted by molar-refractivity contribution is 5.91. The molecule has 3 aromatic rings. The molecule has 0 unspecified atom stereocenters. The van der Waals surface area contributed by atoms with Gasteiger partial charge in [0.15, 0.2) is 5.65 Å². The normalized spacial score (nSPS) is 18.7. The molecule has 1 aliphatic heterocycles. The van der Waals surface area contributed by atoms with Gasteiger partial charge in [0.25, 0.3) is 0 Å². The van der Waals surface area contributed by atoms with Crippen LogP contribution in [-0.4, -0.2) is 56.8 Å². The molecule has 0 N–H and O–H groups in total. The van der Waals surface area contributed by atoms with E-state index in [0.29, 0.717) is 18.7 Å². The van der Waals surface area contributed by atoms with Crippen molar-refractivity contribution >= 4 is 17.4 Å². The van der Waals surface area contributed by atoms with Crippen LogP contribution in [0, 0.1) is 5.82 Å². The van der Waals surface area contributed by atoms with Crippen LogP contribution in [0.5, 0.6) is 0 Å². The Labute approximate surface area is 155 Å². The Balaban J connectivity index is 1.28. The number of piperazine rings is 1. The molecule has 138 valence electrons. The molecule has 27 heavy (non-hydrogen) atoms. The van der Waals surface area contributed by atoms with Gasteiger partial charge < -0.3 is 9.80 Å². The van der Waals surface area contributed by atoms with Crippen LogP contribution in [0.4, 0.5) is 10.2 Å². The molecule has 0 atom stereocenters. The monoisotopic (exact) mass is 366 g/mol. The van der Waals surface area contributed by atoms with Gasteiger partial charge in [-0.2, -0.15) is 4.52 Å². The predicted octanol–water partition coefficient (Wildman–Crippen LogP) is 1.64. The lowest BCUT2D eigenvalue weighted by Crippen LogP contribution is -2.51. The van der Waals surface area contributed by atoms with Crippen LogP contribution in [0.25, 0.3) is 5.65 Å². The van der Waals surface area contributed by atoms with E-state index in [4.69, 9.17) is 0 Å². The fourth-order valence-corrected chi connectivity index (χ4v) is 3.85. The molecule has 5 rings (SSSR count). The summed E-state index contributed by atoms with van der Waals surface area (Å²) < 4.78 is 14.9. The van der Waals surface area contributed by atoms with Gasteiger partial charge in [-0.15, -0.1) is 15.3 Å². The van der Waals surface area contributed by atoms with Crippen LogP contribution in [0.15, 0.2) is 42.7 Å². The summed E-state index contributed by atoms with van der Waals surface area (Å²) in [6.07, 6.45) is 3.26. The quantitative estimate of drug-likeness (QED) is 0.705. The summed E-state index contributed by atoms with van der Waals surface area (Å²) >= 11 is 0. The maximum absolute atomic E-state index is 13.2. The second-order valence-corrected chi connectivity index (χ2v) is 7.19. The van der Waals surface area contributed by atoms with Gasteiger partial charge in [0, 0.05) is 26.2 Å². The van der Waals surface area contributed by atoms with E-state index in [9.17, 15) is 9.18 Å². The molecule has 2 fully saturated rings. The Kier molecular flexibility index (Phi) is 3.60. The topological polar surface area (TPSA) is 66.6 Å². The third kappa shape index (κ3) is 2.72. The number of hydrogen-bond donors (Lipinski definition) is 0. The first-order valence-electron chi connectivity index (χ1n) is 9.13. The number of halogens is 1. The lowest BCUT2D eigenvalue weighted by molar-refractivity contribution is -0.134. The fraction of sp³-hybridized carbons (Fsp3) is 0.368. The van der Waals surface area contributed by atoms with Gasteiger partial charge in [-0.3, -0.25) is 4.79 Å². The smallest absolute Gasteiger partial charge is 0.233 e. The molecular weight excluding hydrogens is 347 g/mol. The number of carbonyl (C=O) groups is 1. The molecule has 1 amide bonds. The third-order valence-electron chi connectivity index (χ3n) is 5.59. The Morgan fingerprint density at radius 3 is 2.44 bits per heavy atom. The second-order valence-electron chi connectivity index (χ2n) is 7.19. The molecule has 3 heterocycles. The first-order chi connectivity index (χ1) is 13.2. The highest BCUT2D eigenvalue weighted by Gasteiger charge is 2.53. The Hall–Kier alpha value is -3.03. The van der Waals surface area contributed by atoms with Crippen molar-refractivity contribution in [2.75, 3.05) is 31.1 Å². The molecule has 7 nitrogen and oxygen atoms in total. The molecule has 1 aliphatic carbocycles. The van der Waals surface area contributed by atoms with Gasteiger partial charge in [0.05, 0.1) is 5.41 Å². The summed E-state index contributed by atoms with van der Waals surface area (Å²) in [5, 5.41) is 12.3. The van der Waals surface area contributed by atoms with Gasteiger partial charge in [0.1, 0.15) is 18.0 Å². The molecule has 8 heteroatoms. The van der Waals surface area contributed by atoms with Crippen molar-refractivity contribution in [1.29, 1.82) is 0 Å². The van der Waals surface area contributed by atoms with E-state index < -0.39 is 5.41 Å². The lowest BCUT2D eigenvalue weighted by Gasteiger charge is -2.37. The van der Waals surface area contributed by atoms with Crippen molar-refractivity contribution < 1.29 is 9.18 Å². The van der Waals surface area contributed by atoms with Crippen LogP contribution in [0.2, 0.25) is 0 Å². The number of fused-ring (bicyclic) bond motifs is 1. The number of rotatable bonds is 3. The molecule has 1 aromatic carbocycles. The van der Waals surface area contributed by atoms with E-state index in [1.54, 1.807) is 23.0 Å². The van der Waals surface area contributed by atoms with Crippen molar-refractivity contribution in [1.82, 2.24) is 24.7 Å². The number of aromatic nitrogens is 4. The summed E-state index contributed by atoms with van der Waals surface area (Å²) in [4.78, 5) is 17.2. The molecule has 0 radical (unpaired) electrons. The molecule has 2 aromatic heterocycles. The summed E-state index contributed by atoms with van der Waals surface area (Å²) in [7, 11) is 0. The van der Waals surface area contributed by atoms with Crippen molar-refractivity contribution in [3.05, 3.63) is 54.1 Å². The highest BCUT2D eigenvalue weighted by atomic mass is 19.1. The number of amides is 1. The molecule has 0 bridgehead atoms. The third-order valence-corrected chi connectivity index (χ3v) is 5.59. The van der Waals surface area contributed by atoms with Crippen molar-refractivity contribution in [2.45, 2.75) is 18.3 Å². The van der Waals surface area contributed by atoms with E-state index in [0.717, 1.165) is 37.3 Å². The molecule has 1 saturated heterocycles. The molecule has 1 saturated carbocycles. The zero-order chi connectivity index (χ0) is 18.4. The Morgan fingerprint density at radius 2 is 1.74 bits per heavy atom. The van der Waals surface area contributed by atoms with Gasteiger partial charge in [-0.05, 0) is 42.7 Å². The van der Waals surface area contributed by atoms with Gasteiger partial charge in [-0.1, -0.05) is 12.1 Å². The zero-order valence-electron chi connectivity index (χ0n) is 14.8. The number of anilines is 1. The van der Waals surface area contributed by atoms with E-state index in [-0.39, 0.29) is 11.7 Å². The van der Waals surface area contributed by atoms with E-state index in [1.165, 1.54) is 12.1 Å². The molecule has 2 aliphatic rings. The highest BCUT2D eigenvalue weighted by Crippen LogP contribution is 2.49. The van der Waals surface area contributed by atoms with Crippen molar-refractivity contribution in [3.63, 3.8) is 0 Å². The van der Waals surface area contributed by atoms with Gasteiger partial charge in [-0.25, -0.2) is 4.39 Å². The van der Waals surface area contributed by atoms with Crippen molar-refractivity contribution in [2.24, 2.45) is 0 Å². The summed E-state index contributed by atoms with van der Waals surface area (Å²) in [6.45, 7) is 2.77. The minimum absolute atomic E-state index is 0.163. The average molecular weight is 366 g/mol. The average Bonchev–Trinajstić information content (AvgIpc) is 3.38. The lowest BCUT2D eigenvalue weighted by atomic mass is 9.94. The van der Waals surface area contributed by atoms with Crippen LogP contribution >= 0.6 is 0 Å². The summed E-state index contributed by atoms with van der Waals surface area (Å²) in [5.74, 6) is 0.748. The maximum Gasteiger partial charge on any atom is 0.233 e. The Bertz CT molecular complexity index is 989.